The van der Waals surface area contributed by atoms with Gasteiger partial charge in [0.2, 0.25) is 5.91 Å². The number of alkyl halides is 3. The fourth-order valence-electron chi connectivity index (χ4n) is 2.64. The van der Waals surface area contributed by atoms with Gasteiger partial charge in [-0.15, -0.1) is 0 Å². The summed E-state index contributed by atoms with van der Waals surface area (Å²) in [4.78, 5) is 12.3. The van der Waals surface area contributed by atoms with Crippen molar-refractivity contribution < 1.29 is 18.0 Å². The van der Waals surface area contributed by atoms with E-state index in [4.69, 9.17) is 5.26 Å². The highest BCUT2D eigenvalue weighted by atomic mass is 19.4. The van der Waals surface area contributed by atoms with Gasteiger partial charge in [-0.25, -0.2) is 4.68 Å². The Morgan fingerprint density at radius 2 is 1.93 bits per heavy atom. The van der Waals surface area contributed by atoms with E-state index in [2.05, 4.69) is 10.4 Å². The van der Waals surface area contributed by atoms with Crippen molar-refractivity contribution in [1.29, 1.82) is 5.26 Å². The quantitative estimate of drug-likeness (QED) is 0.712. The maximum absolute atomic E-state index is 13.1. The number of nitrogens with zero attached hydrogens (tertiary/aromatic N) is 3. The van der Waals surface area contributed by atoms with Gasteiger partial charge in [-0.2, -0.15) is 23.5 Å². The lowest BCUT2D eigenvalue weighted by Crippen LogP contribution is -2.16. The maximum atomic E-state index is 13.1. The number of nitriles is 1. The van der Waals surface area contributed by atoms with Gasteiger partial charge < -0.3 is 5.32 Å². The normalized spacial score (nSPS) is 11.1. The molecule has 0 radical (unpaired) electrons. The van der Waals surface area contributed by atoms with Crippen molar-refractivity contribution in [2.75, 3.05) is 5.32 Å². The molecular formula is C20H15F3N4O. The van der Waals surface area contributed by atoms with Gasteiger partial charge in [-0.05, 0) is 48.4 Å². The summed E-state index contributed by atoms with van der Waals surface area (Å²) in [7, 11) is 0. The van der Waals surface area contributed by atoms with Crippen LogP contribution in [0.5, 0.6) is 0 Å². The van der Waals surface area contributed by atoms with Gasteiger partial charge in [-0.1, -0.05) is 12.1 Å². The second kappa shape index (κ2) is 7.96. The number of halogens is 3. The summed E-state index contributed by atoms with van der Waals surface area (Å²) < 4.78 is 40.5. The molecular weight excluding hydrogens is 369 g/mol. The molecule has 0 bridgehead atoms. The minimum Gasteiger partial charge on any atom is -0.324 e. The number of hydrogen-bond donors (Lipinski definition) is 1. The molecule has 0 saturated heterocycles. The lowest BCUT2D eigenvalue weighted by molar-refractivity contribution is -0.137. The van der Waals surface area contributed by atoms with Crippen LogP contribution in [-0.2, 0) is 17.4 Å². The van der Waals surface area contributed by atoms with Crippen LogP contribution in [0.25, 0.3) is 5.69 Å². The molecule has 3 aromatic rings. The van der Waals surface area contributed by atoms with Crippen molar-refractivity contribution in [3.8, 4) is 11.8 Å². The first-order valence-electron chi connectivity index (χ1n) is 8.37. The average Bonchev–Trinajstić information content (AvgIpc) is 3.20. The van der Waals surface area contributed by atoms with Crippen LogP contribution in [0.2, 0.25) is 0 Å². The minimum atomic E-state index is -4.52. The number of anilines is 1. The van der Waals surface area contributed by atoms with Crippen molar-refractivity contribution >= 4 is 11.6 Å². The van der Waals surface area contributed by atoms with Crippen molar-refractivity contribution in [2.45, 2.75) is 19.0 Å². The highest BCUT2D eigenvalue weighted by Crippen LogP contribution is 2.33. The molecule has 0 aliphatic heterocycles. The van der Waals surface area contributed by atoms with Gasteiger partial charge in [0.25, 0.3) is 0 Å². The summed E-state index contributed by atoms with van der Waals surface area (Å²) in [5.74, 6) is -0.419. The molecule has 1 heterocycles. The molecule has 2 aromatic carbocycles. The number of hydrogen-bond acceptors (Lipinski definition) is 3. The zero-order chi connectivity index (χ0) is 20.1. The molecule has 1 N–H and O–H groups in total. The molecule has 0 unspecified atom stereocenters. The van der Waals surface area contributed by atoms with Crippen molar-refractivity contribution in [3.05, 3.63) is 77.6 Å². The van der Waals surface area contributed by atoms with E-state index >= 15 is 0 Å². The summed E-state index contributed by atoms with van der Waals surface area (Å²) in [5.41, 5.74) is 0.880. The van der Waals surface area contributed by atoms with Crippen LogP contribution in [0, 0.1) is 11.3 Å². The summed E-state index contributed by atoms with van der Waals surface area (Å²) in [6, 6.07) is 13.5. The summed E-state index contributed by atoms with van der Waals surface area (Å²) in [6.07, 6.45) is -0.970. The number of aromatic nitrogens is 2. The van der Waals surface area contributed by atoms with Crippen LogP contribution < -0.4 is 5.32 Å². The van der Waals surface area contributed by atoms with Crippen molar-refractivity contribution in [1.82, 2.24) is 9.78 Å². The van der Waals surface area contributed by atoms with Crippen LogP contribution in [0.15, 0.2) is 60.9 Å². The van der Waals surface area contributed by atoms with E-state index in [1.165, 1.54) is 16.9 Å². The number of aryl methyl sites for hydroxylation is 1. The summed E-state index contributed by atoms with van der Waals surface area (Å²) >= 11 is 0. The second-order valence-corrected chi connectivity index (χ2v) is 6.04. The zero-order valence-corrected chi connectivity index (χ0v) is 14.6. The molecule has 142 valence electrons. The highest BCUT2D eigenvalue weighted by molar-refractivity contribution is 5.93. The molecule has 28 heavy (non-hydrogen) atoms. The van der Waals surface area contributed by atoms with Gasteiger partial charge in [0.05, 0.1) is 28.6 Å². The summed E-state index contributed by atoms with van der Waals surface area (Å²) in [6.45, 7) is 0. The monoisotopic (exact) mass is 384 g/mol. The van der Waals surface area contributed by atoms with Gasteiger partial charge in [0.1, 0.15) is 0 Å². The summed E-state index contributed by atoms with van der Waals surface area (Å²) in [5, 5.41) is 15.4. The lowest BCUT2D eigenvalue weighted by atomic mass is 10.1. The first kappa shape index (κ1) is 19.2. The smallest absolute Gasteiger partial charge is 0.324 e. The van der Waals surface area contributed by atoms with E-state index in [1.807, 2.05) is 6.07 Å². The first-order chi connectivity index (χ1) is 13.4. The topological polar surface area (TPSA) is 70.7 Å². The fourth-order valence-corrected chi connectivity index (χ4v) is 2.64. The number of benzene rings is 2. The van der Waals surface area contributed by atoms with Crippen LogP contribution in [0.4, 0.5) is 18.9 Å². The van der Waals surface area contributed by atoms with Crippen molar-refractivity contribution in [2.24, 2.45) is 0 Å². The molecule has 0 atom stereocenters. The largest absolute Gasteiger partial charge is 0.416 e. The molecule has 0 aliphatic carbocycles. The first-order valence-corrected chi connectivity index (χ1v) is 8.37. The Morgan fingerprint density at radius 1 is 1.18 bits per heavy atom. The number of amides is 1. The minimum absolute atomic E-state index is 0.0309. The van der Waals surface area contributed by atoms with Gasteiger partial charge >= 0.3 is 6.18 Å². The maximum Gasteiger partial charge on any atom is 0.416 e. The Balaban J connectivity index is 1.77. The Kier molecular flexibility index (Phi) is 5.45. The number of carbonyl (C=O) groups excluding carboxylic acids is 1. The van der Waals surface area contributed by atoms with E-state index in [-0.39, 0.29) is 12.1 Å². The Morgan fingerprint density at radius 3 is 2.54 bits per heavy atom. The molecule has 1 amide bonds. The number of rotatable bonds is 5. The Bertz CT molecular complexity index is 1000. The predicted molar refractivity (Wildman–Crippen MR) is 96.7 cm³/mol. The Labute approximate surface area is 159 Å². The molecule has 8 heteroatoms. The molecule has 3 rings (SSSR count). The standard InChI is InChI=1S/C20H15F3N4O/c21-20(22,23)16-7-8-18(27-11-1-10-25-27)17(12-16)26-19(28)9-6-14-2-4-15(13-24)5-3-14/h1-5,7-8,10-12H,6,9H2,(H,26,28). The number of carbonyl (C=O) groups is 1. The third kappa shape index (κ3) is 4.57. The van der Waals surface area contributed by atoms with E-state index in [1.54, 1.807) is 36.5 Å². The highest BCUT2D eigenvalue weighted by Gasteiger charge is 2.31. The molecule has 0 spiro atoms. The Hall–Kier alpha value is -3.60. The SMILES string of the molecule is N#Cc1ccc(CCC(=O)Nc2cc(C(F)(F)F)ccc2-n2cccn2)cc1. The predicted octanol–water partition coefficient (Wildman–Crippen LogP) is 4.33. The van der Waals surface area contributed by atoms with Crippen LogP contribution in [0.3, 0.4) is 0 Å². The molecule has 0 saturated carbocycles. The molecule has 0 aliphatic rings. The van der Waals surface area contributed by atoms with Crippen LogP contribution in [0.1, 0.15) is 23.1 Å². The molecule has 0 fully saturated rings. The van der Waals surface area contributed by atoms with Crippen LogP contribution >= 0.6 is 0 Å². The molecule has 5 nitrogen and oxygen atoms in total. The van der Waals surface area contributed by atoms with E-state index in [0.717, 1.165) is 17.7 Å². The number of nitrogens with one attached hydrogen (secondary N) is 1. The second-order valence-electron chi connectivity index (χ2n) is 6.04. The average molecular weight is 384 g/mol. The lowest BCUT2D eigenvalue weighted by Gasteiger charge is -2.14. The third-order valence-corrected chi connectivity index (χ3v) is 4.07. The van der Waals surface area contributed by atoms with Gasteiger partial charge in [0, 0.05) is 18.8 Å². The zero-order valence-electron chi connectivity index (χ0n) is 14.6. The van der Waals surface area contributed by atoms with E-state index < -0.39 is 17.6 Å². The van der Waals surface area contributed by atoms with E-state index in [9.17, 15) is 18.0 Å². The third-order valence-electron chi connectivity index (χ3n) is 4.07. The van der Waals surface area contributed by atoms with Crippen LogP contribution in [-0.4, -0.2) is 15.7 Å². The van der Waals surface area contributed by atoms with Gasteiger partial charge in [-0.3, -0.25) is 4.79 Å². The van der Waals surface area contributed by atoms with E-state index in [0.29, 0.717) is 17.7 Å². The van der Waals surface area contributed by atoms with Gasteiger partial charge in [0.15, 0.2) is 0 Å². The van der Waals surface area contributed by atoms with Crippen molar-refractivity contribution in [3.63, 3.8) is 0 Å². The fraction of sp³-hybridized carbons (Fsp3) is 0.150. The molecule has 1 aromatic heterocycles.